The minimum Gasteiger partial charge on any atom is -0.465 e. The van der Waals surface area contributed by atoms with Crippen LogP contribution in [0.4, 0.5) is 4.39 Å². The molecule has 0 N–H and O–H groups in total. The van der Waals surface area contributed by atoms with Crippen LogP contribution in [0.2, 0.25) is 0 Å². The molecule has 0 amide bonds. The fourth-order valence-corrected chi connectivity index (χ4v) is 3.78. The second-order valence-corrected chi connectivity index (χ2v) is 6.11. The topological polar surface area (TPSA) is 39.2 Å². The highest BCUT2D eigenvalue weighted by molar-refractivity contribution is 7.15. The highest BCUT2D eigenvalue weighted by Crippen LogP contribution is 2.38. The van der Waals surface area contributed by atoms with Gasteiger partial charge in [0.05, 0.1) is 12.3 Å². The molecular weight excluding hydrogens is 289 g/mol. The van der Waals surface area contributed by atoms with E-state index in [1.54, 1.807) is 23.5 Å². The van der Waals surface area contributed by atoms with E-state index in [4.69, 9.17) is 4.74 Å². The zero-order valence-electron chi connectivity index (χ0n) is 11.8. The summed E-state index contributed by atoms with van der Waals surface area (Å²) in [4.78, 5) is 17.8. The summed E-state index contributed by atoms with van der Waals surface area (Å²) in [7, 11) is 0. The molecule has 0 radical (unpaired) electrons. The van der Waals surface area contributed by atoms with Gasteiger partial charge in [-0.05, 0) is 50.5 Å². The van der Waals surface area contributed by atoms with Crippen molar-refractivity contribution in [3.8, 4) is 10.6 Å². The number of carbonyl (C=O) groups is 1. The largest absolute Gasteiger partial charge is 0.465 e. The quantitative estimate of drug-likeness (QED) is 0.807. The third kappa shape index (κ3) is 2.83. The molecule has 3 rings (SSSR count). The van der Waals surface area contributed by atoms with E-state index >= 15 is 0 Å². The Bertz CT molecular complexity index is 651. The molecule has 1 atom stereocenters. The van der Waals surface area contributed by atoms with Crippen molar-refractivity contribution in [3.05, 3.63) is 40.7 Å². The van der Waals surface area contributed by atoms with E-state index in [1.807, 2.05) is 6.92 Å². The molecule has 3 nitrogen and oxygen atoms in total. The summed E-state index contributed by atoms with van der Waals surface area (Å²) in [6, 6.07) is 6.30. The second-order valence-electron chi connectivity index (χ2n) is 5.03. The van der Waals surface area contributed by atoms with Crippen molar-refractivity contribution in [1.29, 1.82) is 0 Å². The number of nitrogens with zero attached hydrogens (tertiary/aromatic N) is 1. The first-order valence-electron chi connectivity index (χ1n) is 7.11. The number of thiazole rings is 1. The lowest BCUT2D eigenvalue weighted by atomic mass is 9.91. The average molecular weight is 305 g/mol. The van der Waals surface area contributed by atoms with Gasteiger partial charge in [0.2, 0.25) is 0 Å². The Balaban J connectivity index is 1.94. The van der Waals surface area contributed by atoms with Gasteiger partial charge in [-0.1, -0.05) is 0 Å². The Kier molecular flexibility index (Phi) is 4.01. The molecule has 0 saturated carbocycles. The van der Waals surface area contributed by atoms with Crippen LogP contribution in [0.1, 0.15) is 36.3 Å². The molecule has 0 saturated heterocycles. The van der Waals surface area contributed by atoms with Crippen molar-refractivity contribution in [1.82, 2.24) is 4.98 Å². The Morgan fingerprint density at radius 3 is 2.90 bits per heavy atom. The number of hydrogen-bond acceptors (Lipinski definition) is 4. The first-order valence-corrected chi connectivity index (χ1v) is 7.93. The monoisotopic (exact) mass is 305 g/mol. The highest BCUT2D eigenvalue weighted by Gasteiger charge is 2.31. The Hall–Kier alpha value is -1.75. The lowest BCUT2D eigenvalue weighted by Gasteiger charge is -2.19. The van der Waals surface area contributed by atoms with Gasteiger partial charge in [0, 0.05) is 10.4 Å². The fourth-order valence-electron chi connectivity index (χ4n) is 2.61. The van der Waals surface area contributed by atoms with Crippen LogP contribution < -0.4 is 0 Å². The van der Waals surface area contributed by atoms with Crippen molar-refractivity contribution in [3.63, 3.8) is 0 Å². The summed E-state index contributed by atoms with van der Waals surface area (Å²) in [5.74, 6) is -0.696. The van der Waals surface area contributed by atoms with Gasteiger partial charge in [0.1, 0.15) is 16.7 Å². The summed E-state index contributed by atoms with van der Waals surface area (Å²) in [6.45, 7) is 2.20. The molecule has 110 valence electrons. The minimum atomic E-state index is -0.260. The van der Waals surface area contributed by atoms with Gasteiger partial charge in [-0.3, -0.25) is 4.79 Å². The van der Waals surface area contributed by atoms with Crippen LogP contribution in [0.25, 0.3) is 10.6 Å². The van der Waals surface area contributed by atoms with Crippen LogP contribution in [0.15, 0.2) is 24.3 Å². The molecule has 21 heavy (non-hydrogen) atoms. The summed E-state index contributed by atoms with van der Waals surface area (Å²) >= 11 is 1.59. The number of esters is 1. The highest BCUT2D eigenvalue weighted by atomic mass is 32.1. The molecule has 0 spiro atoms. The number of aryl methyl sites for hydroxylation is 1. The first-order chi connectivity index (χ1) is 10.2. The maximum atomic E-state index is 13.0. The normalized spacial score (nSPS) is 17.3. The van der Waals surface area contributed by atoms with Gasteiger partial charge < -0.3 is 4.74 Å². The fraction of sp³-hybridized carbons (Fsp3) is 0.375. The predicted octanol–water partition coefficient (Wildman–Crippen LogP) is 3.93. The third-order valence-corrected chi connectivity index (χ3v) is 4.80. The van der Waals surface area contributed by atoms with E-state index in [2.05, 4.69) is 4.98 Å². The summed E-state index contributed by atoms with van der Waals surface area (Å²) < 4.78 is 18.1. The number of halogens is 1. The molecule has 1 unspecified atom stereocenters. The van der Waals surface area contributed by atoms with Crippen molar-refractivity contribution >= 4 is 17.3 Å². The number of fused-ring (bicyclic) bond motifs is 1. The zero-order chi connectivity index (χ0) is 14.8. The van der Waals surface area contributed by atoms with E-state index in [1.165, 1.54) is 12.1 Å². The number of benzene rings is 1. The number of ether oxygens (including phenoxy) is 1. The number of carbonyl (C=O) groups excluding carboxylic acids is 1. The Morgan fingerprint density at radius 2 is 2.19 bits per heavy atom. The summed E-state index contributed by atoms with van der Waals surface area (Å²) in [5, 5.41) is 0.844. The summed E-state index contributed by atoms with van der Waals surface area (Å²) in [6.07, 6.45) is 2.71. The first kappa shape index (κ1) is 14.2. The third-order valence-electron chi connectivity index (χ3n) is 3.62. The molecule has 1 aliphatic rings. The summed E-state index contributed by atoms with van der Waals surface area (Å²) in [5.41, 5.74) is 1.74. The van der Waals surface area contributed by atoms with E-state index in [0.717, 1.165) is 40.4 Å². The van der Waals surface area contributed by atoms with Crippen LogP contribution in [0.3, 0.4) is 0 Å². The van der Waals surface area contributed by atoms with Gasteiger partial charge in [0.25, 0.3) is 0 Å². The number of hydrogen-bond donors (Lipinski definition) is 0. The Morgan fingerprint density at radius 1 is 1.43 bits per heavy atom. The van der Waals surface area contributed by atoms with E-state index in [9.17, 15) is 9.18 Å². The lowest BCUT2D eigenvalue weighted by Crippen LogP contribution is -2.20. The van der Waals surface area contributed by atoms with Crippen LogP contribution in [0, 0.1) is 5.82 Å². The molecule has 5 heteroatoms. The maximum Gasteiger partial charge on any atom is 0.315 e. The molecule has 0 aliphatic heterocycles. The number of rotatable bonds is 3. The van der Waals surface area contributed by atoms with Crippen molar-refractivity contribution in [2.75, 3.05) is 6.61 Å². The van der Waals surface area contributed by atoms with Gasteiger partial charge >= 0.3 is 5.97 Å². The minimum absolute atomic E-state index is 0.186. The van der Waals surface area contributed by atoms with Crippen LogP contribution in [-0.4, -0.2) is 17.6 Å². The van der Waals surface area contributed by atoms with Crippen molar-refractivity contribution in [2.45, 2.75) is 32.1 Å². The van der Waals surface area contributed by atoms with Gasteiger partial charge in [-0.2, -0.15) is 0 Å². The zero-order valence-corrected chi connectivity index (χ0v) is 12.6. The smallest absolute Gasteiger partial charge is 0.315 e. The predicted molar refractivity (Wildman–Crippen MR) is 79.8 cm³/mol. The molecule has 0 fully saturated rings. The van der Waals surface area contributed by atoms with E-state index in [0.29, 0.717) is 6.61 Å². The van der Waals surface area contributed by atoms with E-state index in [-0.39, 0.29) is 17.7 Å². The molecule has 2 aromatic rings. The van der Waals surface area contributed by atoms with Gasteiger partial charge in [-0.15, -0.1) is 11.3 Å². The standard InChI is InChI=1S/C16H16FNO2S/c1-2-20-16(19)12-4-3-5-13-14(12)18-15(21-13)10-6-8-11(17)9-7-10/h6-9,12H,2-5H2,1H3. The molecule has 1 aromatic carbocycles. The van der Waals surface area contributed by atoms with Gasteiger partial charge in [0.15, 0.2) is 0 Å². The second kappa shape index (κ2) is 5.93. The number of aromatic nitrogens is 1. The van der Waals surface area contributed by atoms with Crippen molar-refractivity contribution < 1.29 is 13.9 Å². The SMILES string of the molecule is CCOC(=O)C1CCCc2sc(-c3ccc(F)cc3)nc21. The lowest BCUT2D eigenvalue weighted by molar-refractivity contribution is -0.145. The average Bonchev–Trinajstić information content (AvgIpc) is 2.92. The molecular formula is C16H16FNO2S. The maximum absolute atomic E-state index is 13.0. The molecule has 1 aliphatic carbocycles. The van der Waals surface area contributed by atoms with Crippen LogP contribution in [0.5, 0.6) is 0 Å². The Labute approximate surface area is 126 Å². The van der Waals surface area contributed by atoms with Crippen LogP contribution in [-0.2, 0) is 16.0 Å². The van der Waals surface area contributed by atoms with Crippen molar-refractivity contribution in [2.24, 2.45) is 0 Å². The van der Waals surface area contributed by atoms with E-state index < -0.39 is 0 Å². The molecule has 1 aromatic heterocycles. The molecule has 0 bridgehead atoms. The van der Waals surface area contributed by atoms with Crippen LogP contribution >= 0.6 is 11.3 Å². The molecule has 1 heterocycles. The van der Waals surface area contributed by atoms with Gasteiger partial charge in [-0.25, -0.2) is 9.37 Å².